The minimum absolute atomic E-state index is 0.324. The Morgan fingerprint density at radius 3 is 2.33 bits per heavy atom. The van der Waals surface area contributed by atoms with Crippen LogP contribution < -0.4 is 15.5 Å². The predicted octanol–water partition coefficient (Wildman–Crippen LogP) is 3.39. The van der Waals surface area contributed by atoms with E-state index in [4.69, 9.17) is 4.99 Å². The van der Waals surface area contributed by atoms with Crippen molar-refractivity contribution in [3.8, 4) is 0 Å². The number of aliphatic hydroxyl groups is 1. The van der Waals surface area contributed by atoms with Gasteiger partial charge in [0.05, 0.1) is 6.54 Å². The standard InChI is InChI=1S/C22H38N4O/c1-4-18(5-2)15-24-22(23-6-3)25-16-19-7-9-21(10-8-19)26-13-11-20(17-27)12-14-26/h7-10,18,20,27H,4-6,11-17H2,1-3H3,(H2,23,24,25). The third kappa shape index (κ3) is 7.06. The van der Waals surface area contributed by atoms with Crippen molar-refractivity contribution in [1.29, 1.82) is 0 Å². The molecule has 0 amide bonds. The average molecular weight is 375 g/mol. The van der Waals surface area contributed by atoms with Crippen molar-refractivity contribution in [3.05, 3.63) is 29.8 Å². The number of aliphatic hydroxyl groups excluding tert-OH is 1. The molecule has 152 valence electrons. The van der Waals surface area contributed by atoms with Gasteiger partial charge in [0.25, 0.3) is 0 Å². The van der Waals surface area contributed by atoms with Crippen molar-refractivity contribution in [2.24, 2.45) is 16.8 Å². The highest BCUT2D eigenvalue weighted by atomic mass is 16.3. The highest BCUT2D eigenvalue weighted by Gasteiger charge is 2.18. The fourth-order valence-electron chi connectivity index (χ4n) is 3.52. The monoisotopic (exact) mass is 374 g/mol. The smallest absolute Gasteiger partial charge is 0.191 e. The normalized spacial score (nSPS) is 16.0. The van der Waals surface area contributed by atoms with E-state index in [0.717, 1.165) is 45.0 Å². The SMILES string of the molecule is CCNC(=NCc1ccc(N2CCC(CO)CC2)cc1)NCC(CC)CC. The summed E-state index contributed by atoms with van der Waals surface area (Å²) in [4.78, 5) is 7.16. The Balaban J connectivity index is 1.88. The molecule has 0 bridgehead atoms. The number of anilines is 1. The predicted molar refractivity (Wildman–Crippen MR) is 115 cm³/mol. The summed E-state index contributed by atoms with van der Waals surface area (Å²) in [6.07, 6.45) is 4.55. The second-order valence-corrected chi connectivity index (χ2v) is 7.54. The van der Waals surface area contributed by atoms with Crippen LogP contribution >= 0.6 is 0 Å². The van der Waals surface area contributed by atoms with E-state index < -0.39 is 0 Å². The molecule has 0 unspecified atom stereocenters. The molecule has 1 aromatic rings. The average Bonchev–Trinajstić information content (AvgIpc) is 2.73. The fourth-order valence-corrected chi connectivity index (χ4v) is 3.52. The molecule has 0 radical (unpaired) electrons. The van der Waals surface area contributed by atoms with Gasteiger partial charge in [-0.05, 0) is 49.3 Å². The van der Waals surface area contributed by atoms with Crippen molar-refractivity contribution in [3.63, 3.8) is 0 Å². The number of benzene rings is 1. The number of nitrogens with one attached hydrogen (secondary N) is 2. The van der Waals surface area contributed by atoms with E-state index in [1.807, 2.05) is 0 Å². The number of aliphatic imine (C=N–C) groups is 1. The number of guanidine groups is 1. The molecule has 1 saturated heterocycles. The van der Waals surface area contributed by atoms with Crippen molar-refractivity contribution >= 4 is 11.6 Å². The van der Waals surface area contributed by atoms with E-state index in [1.54, 1.807) is 0 Å². The molecule has 27 heavy (non-hydrogen) atoms. The molecule has 3 N–H and O–H groups in total. The van der Waals surface area contributed by atoms with Crippen molar-refractivity contribution in [2.75, 3.05) is 37.7 Å². The molecular formula is C22H38N4O. The molecule has 0 aromatic heterocycles. The summed E-state index contributed by atoms with van der Waals surface area (Å²) in [6.45, 7) is 11.5. The first kappa shape index (κ1) is 21.5. The lowest BCUT2D eigenvalue weighted by molar-refractivity contribution is 0.203. The summed E-state index contributed by atoms with van der Waals surface area (Å²) in [5.74, 6) is 2.08. The van der Waals surface area contributed by atoms with Crippen LogP contribution in [0.4, 0.5) is 5.69 Å². The first-order chi connectivity index (χ1) is 13.2. The van der Waals surface area contributed by atoms with Gasteiger partial charge in [0.2, 0.25) is 0 Å². The Morgan fingerprint density at radius 1 is 1.11 bits per heavy atom. The van der Waals surface area contributed by atoms with Crippen LogP contribution in [0, 0.1) is 11.8 Å². The molecule has 1 fully saturated rings. The molecule has 0 atom stereocenters. The maximum Gasteiger partial charge on any atom is 0.191 e. The lowest BCUT2D eigenvalue weighted by Gasteiger charge is -2.32. The zero-order valence-electron chi connectivity index (χ0n) is 17.4. The van der Waals surface area contributed by atoms with Gasteiger partial charge in [-0.2, -0.15) is 0 Å². The van der Waals surface area contributed by atoms with Crippen LogP contribution in [0.15, 0.2) is 29.3 Å². The third-order valence-electron chi connectivity index (χ3n) is 5.65. The number of hydrogen-bond donors (Lipinski definition) is 3. The molecule has 1 heterocycles. The first-order valence-corrected chi connectivity index (χ1v) is 10.7. The molecule has 5 heteroatoms. The van der Waals surface area contributed by atoms with Gasteiger partial charge in [-0.25, -0.2) is 4.99 Å². The molecule has 1 aliphatic heterocycles. The Labute approximate surface area is 165 Å². The van der Waals surface area contributed by atoms with Gasteiger partial charge in [-0.3, -0.25) is 0 Å². The van der Waals surface area contributed by atoms with Gasteiger partial charge in [-0.1, -0.05) is 38.8 Å². The summed E-state index contributed by atoms with van der Waals surface area (Å²) in [7, 11) is 0. The molecular weight excluding hydrogens is 336 g/mol. The Hall–Kier alpha value is -1.75. The minimum atomic E-state index is 0.324. The van der Waals surface area contributed by atoms with Crippen LogP contribution in [-0.4, -0.2) is 43.9 Å². The zero-order valence-corrected chi connectivity index (χ0v) is 17.4. The van der Waals surface area contributed by atoms with Crippen LogP contribution in [0.1, 0.15) is 52.0 Å². The van der Waals surface area contributed by atoms with E-state index in [-0.39, 0.29) is 0 Å². The summed E-state index contributed by atoms with van der Waals surface area (Å²) in [6, 6.07) is 8.77. The topological polar surface area (TPSA) is 59.9 Å². The lowest BCUT2D eigenvalue weighted by atomic mass is 9.97. The molecule has 2 rings (SSSR count). The first-order valence-electron chi connectivity index (χ1n) is 10.7. The van der Waals surface area contributed by atoms with Gasteiger partial charge < -0.3 is 20.6 Å². The fraction of sp³-hybridized carbons (Fsp3) is 0.682. The van der Waals surface area contributed by atoms with Crippen LogP contribution in [0.3, 0.4) is 0 Å². The minimum Gasteiger partial charge on any atom is -0.396 e. The Bertz CT molecular complexity index is 546. The van der Waals surface area contributed by atoms with Gasteiger partial charge >= 0.3 is 0 Å². The summed E-state index contributed by atoms with van der Waals surface area (Å²) in [5, 5.41) is 16.1. The summed E-state index contributed by atoms with van der Waals surface area (Å²) >= 11 is 0. The Morgan fingerprint density at radius 2 is 1.78 bits per heavy atom. The quantitative estimate of drug-likeness (QED) is 0.458. The number of rotatable bonds is 9. The van der Waals surface area contributed by atoms with Crippen LogP contribution in [0.2, 0.25) is 0 Å². The number of hydrogen-bond acceptors (Lipinski definition) is 3. The van der Waals surface area contributed by atoms with Gasteiger partial charge in [0.15, 0.2) is 5.96 Å². The number of piperidine rings is 1. The lowest BCUT2D eigenvalue weighted by Crippen LogP contribution is -2.39. The Kier molecular flexibility index (Phi) is 9.46. The van der Waals surface area contributed by atoms with Crippen LogP contribution in [0.5, 0.6) is 0 Å². The van der Waals surface area contributed by atoms with Crippen LogP contribution in [-0.2, 0) is 6.54 Å². The van der Waals surface area contributed by atoms with Gasteiger partial charge in [0.1, 0.15) is 0 Å². The van der Waals surface area contributed by atoms with E-state index in [1.165, 1.54) is 24.1 Å². The molecule has 5 nitrogen and oxygen atoms in total. The molecule has 1 aromatic carbocycles. The summed E-state index contributed by atoms with van der Waals surface area (Å²) < 4.78 is 0. The van der Waals surface area contributed by atoms with Crippen molar-refractivity contribution in [2.45, 2.75) is 53.0 Å². The van der Waals surface area contributed by atoms with E-state index in [9.17, 15) is 5.11 Å². The van der Waals surface area contributed by atoms with Crippen molar-refractivity contribution < 1.29 is 5.11 Å². The van der Waals surface area contributed by atoms with Gasteiger partial charge in [0, 0.05) is 38.5 Å². The van der Waals surface area contributed by atoms with E-state index in [0.29, 0.717) is 25.0 Å². The highest BCUT2D eigenvalue weighted by molar-refractivity contribution is 5.79. The van der Waals surface area contributed by atoms with E-state index >= 15 is 0 Å². The molecule has 0 spiro atoms. The maximum absolute atomic E-state index is 9.28. The summed E-state index contributed by atoms with van der Waals surface area (Å²) in [5.41, 5.74) is 2.50. The van der Waals surface area contributed by atoms with Crippen molar-refractivity contribution in [1.82, 2.24) is 10.6 Å². The molecule has 0 aliphatic carbocycles. The second kappa shape index (κ2) is 11.9. The zero-order chi connectivity index (χ0) is 19.5. The number of nitrogens with zero attached hydrogens (tertiary/aromatic N) is 2. The maximum atomic E-state index is 9.28. The van der Waals surface area contributed by atoms with E-state index in [2.05, 4.69) is 60.6 Å². The molecule has 1 aliphatic rings. The second-order valence-electron chi connectivity index (χ2n) is 7.54. The largest absolute Gasteiger partial charge is 0.396 e. The third-order valence-corrected chi connectivity index (χ3v) is 5.65. The highest BCUT2D eigenvalue weighted by Crippen LogP contribution is 2.23. The van der Waals surface area contributed by atoms with Gasteiger partial charge in [-0.15, -0.1) is 0 Å². The van der Waals surface area contributed by atoms with Crippen LogP contribution in [0.25, 0.3) is 0 Å². The molecule has 0 saturated carbocycles.